The van der Waals surface area contributed by atoms with Crippen LogP contribution in [0.1, 0.15) is 46.5 Å². The summed E-state index contributed by atoms with van der Waals surface area (Å²) in [5, 5.41) is 2.21. The molecule has 2 aliphatic carbocycles. The molecule has 0 spiro atoms. The minimum Gasteiger partial charge on any atom is -0.147 e. The van der Waals surface area contributed by atoms with Gasteiger partial charge in [-0.25, -0.2) is 0 Å². The molecule has 170 valence electrons. The molecule has 0 saturated heterocycles. The Kier molecular flexibility index (Phi) is 4.68. The highest BCUT2D eigenvalue weighted by molar-refractivity contribution is 9.10. The van der Waals surface area contributed by atoms with E-state index in [2.05, 4.69) is 142 Å². The second-order valence-corrected chi connectivity index (χ2v) is 12.8. The topological polar surface area (TPSA) is 0 Å². The van der Waals surface area contributed by atoms with Crippen LogP contribution in [-0.4, -0.2) is 0 Å². The van der Waals surface area contributed by atoms with Gasteiger partial charge in [-0.15, -0.1) is 11.3 Å². The molecule has 0 saturated carbocycles. The Balaban J connectivity index is 1.65. The van der Waals surface area contributed by atoms with Crippen molar-refractivity contribution in [3.05, 3.63) is 138 Å². The molecule has 1 unspecified atom stereocenters. The Hall–Kier alpha value is -2.46. The summed E-state index contributed by atoms with van der Waals surface area (Å²) in [6, 6.07) is 34.1. The summed E-state index contributed by atoms with van der Waals surface area (Å²) in [7, 11) is 0. The summed E-state index contributed by atoms with van der Waals surface area (Å²) in [6.45, 7) is 4.72. The largest absolute Gasteiger partial charge is 0.147 e. The number of rotatable bonds is 2. The summed E-state index contributed by atoms with van der Waals surface area (Å²) in [5.74, 6) is 0. The Bertz CT molecular complexity index is 1630. The predicted molar refractivity (Wildman–Crippen MR) is 155 cm³/mol. The molecule has 0 radical (unpaired) electrons. The van der Waals surface area contributed by atoms with E-state index in [0.29, 0.717) is 0 Å². The van der Waals surface area contributed by atoms with Crippen LogP contribution in [0.2, 0.25) is 0 Å². The van der Waals surface area contributed by atoms with E-state index in [1.165, 1.54) is 54.9 Å². The fourth-order valence-electron chi connectivity index (χ4n) is 6.39. The first-order chi connectivity index (χ1) is 16.9. The highest BCUT2D eigenvalue weighted by Crippen LogP contribution is 2.61. The molecule has 1 atom stereocenters. The molecule has 5 aromatic rings. The Morgan fingerprint density at radius 1 is 0.571 bits per heavy atom. The zero-order chi connectivity index (χ0) is 23.9. The molecule has 0 N–H and O–H groups in total. The normalized spacial score (nSPS) is 18.6. The van der Waals surface area contributed by atoms with E-state index in [1.54, 1.807) is 0 Å². The maximum atomic E-state index is 3.80. The maximum Gasteiger partial charge on any atom is 0.0807 e. The Morgan fingerprint density at radius 3 is 1.83 bits per heavy atom. The maximum absolute atomic E-state index is 3.80. The van der Waals surface area contributed by atoms with Crippen LogP contribution in [0.15, 0.2) is 105 Å². The second kappa shape index (κ2) is 7.52. The lowest BCUT2D eigenvalue weighted by Crippen LogP contribution is -2.27. The van der Waals surface area contributed by atoms with Crippen molar-refractivity contribution in [3.8, 4) is 22.3 Å². The molecule has 0 aliphatic heterocycles. The minimum absolute atomic E-state index is 0.0556. The van der Waals surface area contributed by atoms with Crippen molar-refractivity contribution in [1.29, 1.82) is 0 Å². The van der Waals surface area contributed by atoms with Crippen molar-refractivity contribution in [2.75, 3.05) is 0 Å². The van der Waals surface area contributed by atoms with Crippen molar-refractivity contribution >= 4 is 43.2 Å². The van der Waals surface area contributed by atoms with Crippen LogP contribution >= 0.6 is 43.2 Å². The third-order valence-electron chi connectivity index (χ3n) is 7.95. The lowest BCUT2D eigenvalue weighted by molar-refractivity contribution is 0.659. The highest BCUT2D eigenvalue weighted by atomic mass is 79.9. The van der Waals surface area contributed by atoms with Gasteiger partial charge in [-0.1, -0.05) is 94.2 Å². The molecule has 1 aromatic heterocycles. The molecule has 4 aromatic carbocycles. The predicted octanol–water partition coefficient (Wildman–Crippen LogP) is 9.94. The molecular weight excluding hydrogens is 576 g/mol. The van der Waals surface area contributed by atoms with Gasteiger partial charge in [-0.3, -0.25) is 0 Å². The molecule has 1 heterocycles. The summed E-state index contributed by atoms with van der Waals surface area (Å²) in [4.78, 5) is 1.36. The van der Waals surface area contributed by atoms with Gasteiger partial charge in [0.25, 0.3) is 0 Å². The van der Waals surface area contributed by atoms with E-state index < -0.39 is 0 Å². The van der Waals surface area contributed by atoms with Crippen LogP contribution in [0, 0.1) is 0 Å². The van der Waals surface area contributed by atoms with Gasteiger partial charge in [0, 0.05) is 19.2 Å². The van der Waals surface area contributed by atoms with E-state index in [-0.39, 0.29) is 10.8 Å². The summed E-state index contributed by atoms with van der Waals surface area (Å²) < 4.78 is 2.25. The van der Waals surface area contributed by atoms with Crippen molar-refractivity contribution in [2.24, 2.45) is 0 Å². The molecule has 3 heteroatoms. The average Bonchev–Trinajstić information content (AvgIpc) is 3.53. The second-order valence-electron chi connectivity index (χ2n) is 10.0. The first-order valence-electron chi connectivity index (χ1n) is 11.8. The van der Waals surface area contributed by atoms with E-state index in [9.17, 15) is 0 Å². The lowest BCUT2D eigenvalue weighted by atomic mass is 9.70. The van der Waals surface area contributed by atoms with Crippen molar-refractivity contribution in [3.63, 3.8) is 0 Å². The Labute approximate surface area is 226 Å². The number of fused-ring (bicyclic) bond motifs is 6. The molecule has 7 rings (SSSR count). The van der Waals surface area contributed by atoms with E-state index >= 15 is 0 Å². The van der Waals surface area contributed by atoms with Gasteiger partial charge in [-0.2, -0.15) is 0 Å². The van der Waals surface area contributed by atoms with Gasteiger partial charge < -0.3 is 0 Å². The number of hydrogen-bond donors (Lipinski definition) is 0. The minimum atomic E-state index is -0.346. The van der Waals surface area contributed by atoms with Gasteiger partial charge in [0.1, 0.15) is 0 Å². The molecule has 0 amide bonds. The van der Waals surface area contributed by atoms with Crippen molar-refractivity contribution in [1.82, 2.24) is 0 Å². The van der Waals surface area contributed by atoms with Gasteiger partial charge in [0.15, 0.2) is 0 Å². The lowest BCUT2D eigenvalue weighted by Gasteiger charge is -2.33. The monoisotopic (exact) mass is 596 g/mol. The fourth-order valence-corrected chi connectivity index (χ4v) is 8.09. The number of thiophene rings is 1. The van der Waals surface area contributed by atoms with Crippen LogP contribution < -0.4 is 0 Å². The first kappa shape index (κ1) is 21.8. The van der Waals surface area contributed by atoms with Crippen LogP contribution in [0.3, 0.4) is 0 Å². The molecule has 2 aliphatic rings. The van der Waals surface area contributed by atoms with Gasteiger partial charge in [0.05, 0.1) is 5.41 Å². The fraction of sp³-hybridized carbons (Fsp3) is 0.125. The third kappa shape index (κ3) is 2.83. The number of hydrogen-bond acceptors (Lipinski definition) is 1. The standard InChI is InChI=1S/C32H22Br2S/c1-31(2)26-15-20(33)10-12-22(26)24-18-29-25(17-27(24)31)23-13-11-21(34)16-28(23)32(29,30-9-6-14-35-30)19-7-4-3-5-8-19/h3-18H,1-2H3. The number of benzene rings is 4. The van der Waals surface area contributed by atoms with E-state index in [4.69, 9.17) is 0 Å². The smallest absolute Gasteiger partial charge is 0.0807 e. The third-order valence-corrected chi connectivity index (χ3v) is 9.93. The SMILES string of the molecule is CC1(C)c2cc(Br)ccc2-c2cc3c(cc21)-c1ccc(Br)cc1C3(c1ccccc1)c1cccs1. The zero-order valence-corrected chi connectivity index (χ0v) is 23.4. The zero-order valence-electron chi connectivity index (χ0n) is 19.4. The van der Waals surface area contributed by atoms with Crippen LogP contribution in [0.25, 0.3) is 22.3 Å². The summed E-state index contributed by atoms with van der Waals surface area (Å²) >= 11 is 9.36. The van der Waals surface area contributed by atoms with Crippen molar-refractivity contribution < 1.29 is 0 Å². The molecule has 0 bridgehead atoms. The van der Waals surface area contributed by atoms with Crippen molar-refractivity contribution in [2.45, 2.75) is 24.7 Å². The summed E-state index contributed by atoms with van der Waals surface area (Å²) in [6.07, 6.45) is 0. The average molecular weight is 598 g/mol. The Morgan fingerprint density at radius 2 is 1.14 bits per heavy atom. The molecular formula is C32H22Br2S. The van der Waals surface area contributed by atoms with E-state index in [1.807, 2.05) is 11.3 Å². The van der Waals surface area contributed by atoms with E-state index in [0.717, 1.165) is 8.95 Å². The van der Waals surface area contributed by atoms with Gasteiger partial charge >= 0.3 is 0 Å². The number of halogens is 2. The van der Waals surface area contributed by atoms with Crippen LogP contribution in [0.5, 0.6) is 0 Å². The molecule has 0 nitrogen and oxygen atoms in total. The van der Waals surface area contributed by atoms with Crippen LogP contribution in [-0.2, 0) is 10.8 Å². The molecule has 35 heavy (non-hydrogen) atoms. The first-order valence-corrected chi connectivity index (χ1v) is 14.3. The molecule has 0 fully saturated rings. The highest BCUT2D eigenvalue weighted by Gasteiger charge is 2.49. The summed E-state index contributed by atoms with van der Waals surface area (Å²) in [5.41, 5.74) is 11.8. The van der Waals surface area contributed by atoms with Gasteiger partial charge in [-0.05, 0) is 97.9 Å². The quantitative estimate of drug-likeness (QED) is 0.186. The van der Waals surface area contributed by atoms with Gasteiger partial charge in [0.2, 0.25) is 0 Å². The van der Waals surface area contributed by atoms with Crippen LogP contribution in [0.4, 0.5) is 0 Å².